The van der Waals surface area contributed by atoms with Crippen LogP contribution in [-0.4, -0.2) is 37.8 Å². The number of nitrogens with zero attached hydrogens (tertiary/aromatic N) is 1. The van der Waals surface area contributed by atoms with Crippen LogP contribution in [0.25, 0.3) is 0 Å². The molecule has 2 aromatic rings. The zero-order chi connectivity index (χ0) is 25.7. The van der Waals surface area contributed by atoms with Gasteiger partial charge in [0.05, 0.1) is 41.1 Å². The SMILES string of the molecule is COC(=O)[C@@H]1C(=O)NC(SCC(=O)Nc2ccc(C)c(C)c2)=C(C#N)[C@H]1c1ccc(OC)c(Br)c1. The zero-order valence-electron chi connectivity index (χ0n) is 19.6. The second-order valence-electron chi connectivity index (χ2n) is 7.85. The molecule has 2 atom stereocenters. The number of rotatable bonds is 7. The quantitative estimate of drug-likeness (QED) is 0.387. The van der Waals surface area contributed by atoms with E-state index in [9.17, 15) is 19.6 Å². The lowest BCUT2D eigenvalue weighted by molar-refractivity contribution is -0.150. The number of nitriles is 1. The van der Waals surface area contributed by atoms with Gasteiger partial charge in [0, 0.05) is 11.6 Å². The number of amides is 2. The molecule has 0 saturated heterocycles. The molecule has 0 aromatic heterocycles. The fourth-order valence-electron chi connectivity index (χ4n) is 3.71. The predicted octanol–water partition coefficient (Wildman–Crippen LogP) is 4.18. The van der Waals surface area contributed by atoms with Crippen LogP contribution in [0.15, 0.2) is 51.5 Å². The van der Waals surface area contributed by atoms with Crippen molar-refractivity contribution < 1.29 is 23.9 Å². The summed E-state index contributed by atoms with van der Waals surface area (Å²) in [6.07, 6.45) is 0. The number of hydrogen-bond donors (Lipinski definition) is 2. The maximum Gasteiger partial charge on any atom is 0.319 e. The van der Waals surface area contributed by atoms with Crippen LogP contribution in [0.1, 0.15) is 22.6 Å². The Kier molecular flexibility index (Phi) is 8.59. The lowest BCUT2D eigenvalue weighted by Crippen LogP contribution is -2.44. The molecule has 1 heterocycles. The van der Waals surface area contributed by atoms with Gasteiger partial charge in [-0.2, -0.15) is 5.26 Å². The van der Waals surface area contributed by atoms with Crippen molar-refractivity contribution in [3.63, 3.8) is 0 Å². The smallest absolute Gasteiger partial charge is 0.319 e. The molecule has 0 unspecified atom stereocenters. The molecule has 1 aliphatic rings. The monoisotopic (exact) mass is 557 g/mol. The van der Waals surface area contributed by atoms with Crippen molar-refractivity contribution in [1.29, 1.82) is 5.26 Å². The first kappa shape index (κ1) is 26.3. The topological polar surface area (TPSA) is 118 Å². The maximum atomic E-state index is 13.0. The number of benzene rings is 2. The van der Waals surface area contributed by atoms with E-state index in [2.05, 4.69) is 32.6 Å². The van der Waals surface area contributed by atoms with Crippen molar-refractivity contribution >= 4 is 51.2 Å². The summed E-state index contributed by atoms with van der Waals surface area (Å²) in [5, 5.41) is 15.7. The van der Waals surface area contributed by atoms with Crippen molar-refractivity contribution in [1.82, 2.24) is 5.32 Å². The van der Waals surface area contributed by atoms with Crippen LogP contribution in [0, 0.1) is 31.1 Å². The van der Waals surface area contributed by atoms with Crippen LogP contribution >= 0.6 is 27.7 Å². The average molecular weight is 558 g/mol. The van der Waals surface area contributed by atoms with Crippen LogP contribution in [-0.2, 0) is 19.1 Å². The lowest BCUT2D eigenvalue weighted by atomic mass is 9.78. The van der Waals surface area contributed by atoms with Gasteiger partial charge < -0.3 is 20.1 Å². The minimum atomic E-state index is -1.26. The summed E-state index contributed by atoms with van der Waals surface area (Å²) in [7, 11) is 2.71. The molecule has 0 radical (unpaired) electrons. The fraction of sp³-hybridized carbons (Fsp3) is 0.280. The van der Waals surface area contributed by atoms with Gasteiger partial charge in [-0.15, -0.1) is 0 Å². The van der Waals surface area contributed by atoms with Crippen LogP contribution in [0.3, 0.4) is 0 Å². The second kappa shape index (κ2) is 11.4. The van der Waals surface area contributed by atoms with E-state index < -0.39 is 23.7 Å². The molecule has 2 aromatic carbocycles. The summed E-state index contributed by atoms with van der Waals surface area (Å²) >= 11 is 4.44. The van der Waals surface area contributed by atoms with Crippen molar-refractivity contribution in [2.75, 3.05) is 25.3 Å². The summed E-state index contributed by atoms with van der Waals surface area (Å²) in [5.41, 5.74) is 3.54. The minimum absolute atomic E-state index is 0.0460. The largest absolute Gasteiger partial charge is 0.496 e. The Balaban J connectivity index is 1.91. The lowest BCUT2D eigenvalue weighted by Gasteiger charge is -2.31. The highest BCUT2D eigenvalue weighted by atomic mass is 79.9. The van der Waals surface area contributed by atoms with E-state index in [1.165, 1.54) is 14.2 Å². The molecule has 0 fully saturated rings. The number of halogens is 1. The first-order chi connectivity index (χ1) is 16.7. The minimum Gasteiger partial charge on any atom is -0.496 e. The molecular weight excluding hydrogens is 534 g/mol. The molecule has 0 aliphatic carbocycles. The second-order valence-corrected chi connectivity index (χ2v) is 9.69. The average Bonchev–Trinajstić information content (AvgIpc) is 2.84. The highest BCUT2D eigenvalue weighted by molar-refractivity contribution is 9.10. The molecule has 2 N–H and O–H groups in total. The molecule has 10 heteroatoms. The third kappa shape index (κ3) is 5.86. The summed E-state index contributed by atoms with van der Waals surface area (Å²) in [6, 6.07) is 12.8. The Morgan fingerprint density at radius 3 is 2.51 bits per heavy atom. The van der Waals surface area contributed by atoms with Crippen LogP contribution in [0.4, 0.5) is 5.69 Å². The van der Waals surface area contributed by atoms with Crippen molar-refractivity contribution in [3.8, 4) is 11.8 Å². The number of carbonyl (C=O) groups is 3. The molecule has 0 spiro atoms. The van der Waals surface area contributed by atoms with E-state index in [1.54, 1.807) is 18.2 Å². The van der Waals surface area contributed by atoms with Gasteiger partial charge in [-0.05, 0) is 70.7 Å². The van der Waals surface area contributed by atoms with Gasteiger partial charge in [0.1, 0.15) is 11.7 Å². The summed E-state index contributed by atoms with van der Waals surface area (Å²) in [5.74, 6) is -3.30. The number of carbonyl (C=O) groups excluding carboxylic acids is 3. The predicted molar refractivity (Wildman–Crippen MR) is 137 cm³/mol. The molecule has 3 rings (SSSR count). The van der Waals surface area contributed by atoms with Gasteiger partial charge in [-0.3, -0.25) is 14.4 Å². The number of allylic oxidation sites excluding steroid dienone is 1. The molecule has 1 aliphatic heterocycles. The molecule has 182 valence electrons. The number of esters is 1. The van der Waals surface area contributed by atoms with E-state index in [4.69, 9.17) is 9.47 Å². The Morgan fingerprint density at radius 2 is 1.91 bits per heavy atom. The number of methoxy groups -OCH3 is 2. The standard InChI is InChI=1S/C25H24BrN3O5S/c1-13-5-7-16(9-14(13)2)28-20(30)12-35-24-17(11-27)21(22(23(31)29-24)25(32)34-4)15-6-8-19(33-3)18(26)10-15/h5-10,21-22H,12H2,1-4H3,(H,28,30)(H,29,31)/t21-,22+/m1/s1. The zero-order valence-corrected chi connectivity index (χ0v) is 22.0. The van der Waals surface area contributed by atoms with Gasteiger partial charge in [-0.1, -0.05) is 23.9 Å². The highest BCUT2D eigenvalue weighted by Crippen LogP contribution is 2.42. The van der Waals surface area contributed by atoms with Gasteiger partial charge in [0.15, 0.2) is 0 Å². The van der Waals surface area contributed by atoms with Crippen LogP contribution in [0.5, 0.6) is 5.75 Å². The Bertz CT molecular complexity index is 1250. The third-order valence-electron chi connectivity index (χ3n) is 5.66. The number of hydrogen-bond acceptors (Lipinski definition) is 7. The highest BCUT2D eigenvalue weighted by Gasteiger charge is 2.44. The maximum absolute atomic E-state index is 13.0. The van der Waals surface area contributed by atoms with E-state index in [0.717, 1.165) is 22.9 Å². The Hall–Kier alpha value is -3.29. The molecule has 8 nitrogen and oxygen atoms in total. The molecule has 2 amide bonds. The number of thioether (sulfide) groups is 1. The third-order valence-corrected chi connectivity index (χ3v) is 7.29. The van der Waals surface area contributed by atoms with Gasteiger partial charge in [0.2, 0.25) is 11.8 Å². The first-order valence-corrected chi connectivity index (χ1v) is 12.3. The Morgan fingerprint density at radius 1 is 1.17 bits per heavy atom. The fourth-order valence-corrected chi connectivity index (χ4v) is 5.12. The first-order valence-electron chi connectivity index (χ1n) is 10.6. The number of ether oxygens (including phenoxy) is 2. The van der Waals surface area contributed by atoms with E-state index >= 15 is 0 Å². The number of aryl methyl sites for hydroxylation is 2. The van der Waals surface area contributed by atoms with E-state index in [-0.39, 0.29) is 22.3 Å². The van der Waals surface area contributed by atoms with Crippen molar-refractivity contribution in [2.24, 2.45) is 5.92 Å². The molecular formula is C25H24BrN3O5S. The molecule has 0 bridgehead atoms. The van der Waals surface area contributed by atoms with Crippen LogP contribution < -0.4 is 15.4 Å². The van der Waals surface area contributed by atoms with E-state index in [0.29, 0.717) is 21.5 Å². The van der Waals surface area contributed by atoms with Crippen molar-refractivity contribution in [2.45, 2.75) is 19.8 Å². The van der Waals surface area contributed by atoms with Crippen molar-refractivity contribution in [3.05, 3.63) is 68.2 Å². The molecule has 35 heavy (non-hydrogen) atoms. The van der Waals surface area contributed by atoms with Gasteiger partial charge in [-0.25, -0.2) is 0 Å². The normalized spacial score (nSPS) is 17.3. The summed E-state index contributed by atoms with van der Waals surface area (Å²) in [6.45, 7) is 3.94. The Labute approximate surface area is 216 Å². The number of anilines is 1. The molecule has 0 saturated carbocycles. The summed E-state index contributed by atoms with van der Waals surface area (Å²) < 4.78 is 10.7. The number of nitrogens with one attached hydrogen (secondary N) is 2. The summed E-state index contributed by atoms with van der Waals surface area (Å²) in [4.78, 5) is 38.1. The van der Waals surface area contributed by atoms with E-state index in [1.807, 2.05) is 32.0 Å². The van der Waals surface area contributed by atoms with Gasteiger partial charge in [0.25, 0.3) is 0 Å². The van der Waals surface area contributed by atoms with Crippen LogP contribution in [0.2, 0.25) is 0 Å². The van der Waals surface area contributed by atoms with Gasteiger partial charge >= 0.3 is 5.97 Å².